The molecule has 25 heavy (non-hydrogen) atoms. The fraction of sp³-hybridized carbons (Fsp3) is 0.632. The maximum atomic E-state index is 13.8. The van der Waals surface area contributed by atoms with Gasteiger partial charge in [0.1, 0.15) is 11.6 Å². The van der Waals surface area contributed by atoms with E-state index < -0.39 is 11.6 Å². The SMILES string of the molecule is CN(C)CC(=O)N1C[C@H](c2cc(F)cc(F)c2)[C@H]2[C@@H]1C1CCN2CC1. The van der Waals surface area contributed by atoms with E-state index in [9.17, 15) is 13.6 Å². The zero-order valence-corrected chi connectivity index (χ0v) is 14.8. The van der Waals surface area contributed by atoms with Gasteiger partial charge in [0.25, 0.3) is 0 Å². The Balaban J connectivity index is 1.69. The first-order valence-corrected chi connectivity index (χ1v) is 9.08. The molecule has 0 aliphatic carbocycles. The number of hydrogen-bond donors (Lipinski definition) is 0. The highest BCUT2D eigenvalue weighted by Gasteiger charge is 2.54. The summed E-state index contributed by atoms with van der Waals surface area (Å²) in [6.07, 6.45) is 2.22. The first-order valence-electron chi connectivity index (χ1n) is 9.08. The third-order valence-corrected chi connectivity index (χ3v) is 6.08. The molecular formula is C19H25F2N3O. The quantitative estimate of drug-likeness (QED) is 0.834. The lowest BCUT2D eigenvalue weighted by atomic mass is 9.75. The molecule has 0 unspecified atom stereocenters. The summed E-state index contributed by atoms with van der Waals surface area (Å²) in [6.45, 7) is 2.98. The molecular weight excluding hydrogens is 324 g/mol. The minimum Gasteiger partial charge on any atom is -0.336 e. The maximum absolute atomic E-state index is 13.8. The molecule has 136 valence electrons. The van der Waals surface area contributed by atoms with Gasteiger partial charge in [0.2, 0.25) is 5.91 Å². The van der Waals surface area contributed by atoms with Gasteiger partial charge in [0.15, 0.2) is 0 Å². The molecule has 3 atom stereocenters. The molecule has 1 amide bonds. The highest BCUT2D eigenvalue weighted by molar-refractivity contribution is 5.79. The molecule has 0 aromatic heterocycles. The van der Waals surface area contributed by atoms with E-state index in [1.807, 2.05) is 23.9 Å². The number of nitrogens with zero attached hydrogens (tertiary/aromatic N) is 3. The minimum absolute atomic E-state index is 0.0237. The summed E-state index contributed by atoms with van der Waals surface area (Å²) in [5.74, 6) is -0.483. The highest BCUT2D eigenvalue weighted by Crippen LogP contribution is 2.46. The van der Waals surface area contributed by atoms with Crippen LogP contribution in [0, 0.1) is 17.6 Å². The van der Waals surface area contributed by atoms with Crippen LogP contribution in [0.5, 0.6) is 0 Å². The van der Waals surface area contributed by atoms with E-state index >= 15 is 0 Å². The number of likely N-dealkylation sites (N-methyl/N-ethyl adjacent to an activating group) is 1. The van der Waals surface area contributed by atoms with Gasteiger partial charge in [-0.05, 0) is 63.6 Å². The number of rotatable bonds is 3. The van der Waals surface area contributed by atoms with Crippen LogP contribution in [0.15, 0.2) is 18.2 Å². The second kappa shape index (κ2) is 6.32. The van der Waals surface area contributed by atoms with E-state index in [0.717, 1.165) is 32.0 Å². The van der Waals surface area contributed by atoms with Crippen molar-refractivity contribution in [3.05, 3.63) is 35.4 Å². The van der Waals surface area contributed by atoms with Gasteiger partial charge < -0.3 is 9.80 Å². The summed E-state index contributed by atoms with van der Waals surface area (Å²) < 4.78 is 27.6. The van der Waals surface area contributed by atoms with Crippen molar-refractivity contribution in [2.75, 3.05) is 40.3 Å². The molecule has 1 aromatic carbocycles. The van der Waals surface area contributed by atoms with Crippen LogP contribution in [-0.2, 0) is 4.79 Å². The number of piperidine rings is 3. The third-order valence-electron chi connectivity index (χ3n) is 6.08. The first-order chi connectivity index (χ1) is 11.9. The van der Waals surface area contributed by atoms with Crippen molar-refractivity contribution >= 4 is 5.91 Å². The minimum atomic E-state index is -0.541. The summed E-state index contributed by atoms with van der Waals surface area (Å²) in [6, 6.07) is 4.14. The van der Waals surface area contributed by atoms with E-state index in [-0.39, 0.29) is 23.9 Å². The zero-order chi connectivity index (χ0) is 17.7. The van der Waals surface area contributed by atoms with Crippen molar-refractivity contribution in [3.8, 4) is 0 Å². The lowest BCUT2D eigenvalue weighted by Crippen LogP contribution is -2.61. The van der Waals surface area contributed by atoms with Crippen molar-refractivity contribution in [1.29, 1.82) is 0 Å². The molecule has 0 saturated carbocycles. The van der Waals surface area contributed by atoms with Gasteiger partial charge in [-0.25, -0.2) is 8.78 Å². The molecule has 2 bridgehead atoms. The lowest BCUT2D eigenvalue weighted by molar-refractivity contribution is -0.136. The van der Waals surface area contributed by atoms with Gasteiger partial charge in [-0.1, -0.05) is 0 Å². The summed E-state index contributed by atoms with van der Waals surface area (Å²) in [4.78, 5) is 19.1. The highest BCUT2D eigenvalue weighted by atomic mass is 19.1. The van der Waals surface area contributed by atoms with Crippen LogP contribution >= 0.6 is 0 Å². The molecule has 4 nitrogen and oxygen atoms in total. The number of amides is 1. The average molecular weight is 349 g/mol. The Morgan fingerprint density at radius 1 is 1.12 bits per heavy atom. The number of halogens is 2. The monoisotopic (exact) mass is 349 g/mol. The predicted octanol–water partition coefficient (Wildman–Crippen LogP) is 1.91. The standard InChI is InChI=1S/C19H25F2N3O/c1-22(2)11-17(25)24-10-16(13-7-14(20)9-15(21)8-13)19-18(24)12-3-5-23(19)6-4-12/h7-9,12,16,18-19H,3-6,10-11H2,1-2H3/t16-,18+,19+/m1/s1. The van der Waals surface area contributed by atoms with Crippen LogP contribution in [-0.4, -0.2) is 73.0 Å². The van der Waals surface area contributed by atoms with E-state index in [4.69, 9.17) is 0 Å². The van der Waals surface area contributed by atoms with Gasteiger partial charge in [-0.2, -0.15) is 0 Å². The van der Waals surface area contributed by atoms with Crippen LogP contribution in [0.1, 0.15) is 24.3 Å². The lowest BCUT2D eigenvalue weighted by Gasteiger charge is -2.51. The molecule has 1 aromatic rings. The summed E-state index contributed by atoms with van der Waals surface area (Å²) in [7, 11) is 3.78. The number of hydrogen-bond acceptors (Lipinski definition) is 3. The van der Waals surface area contributed by atoms with E-state index in [2.05, 4.69) is 4.90 Å². The number of fused-ring (bicyclic) bond motifs is 2. The van der Waals surface area contributed by atoms with Crippen LogP contribution in [0.25, 0.3) is 0 Å². The number of carbonyl (C=O) groups excluding carboxylic acids is 1. The number of benzene rings is 1. The smallest absolute Gasteiger partial charge is 0.237 e. The predicted molar refractivity (Wildman–Crippen MR) is 91.2 cm³/mol. The Kier molecular flexibility index (Phi) is 4.28. The van der Waals surface area contributed by atoms with Crippen LogP contribution in [0.4, 0.5) is 8.78 Å². The van der Waals surface area contributed by atoms with E-state index in [0.29, 0.717) is 24.6 Å². The third kappa shape index (κ3) is 2.95. The molecule has 5 rings (SSSR count). The molecule has 0 spiro atoms. The van der Waals surface area contributed by atoms with E-state index in [1.165, 1.54) is 12.1 Å². The Bertz CT molecular complexity index is 652. The van der Waals surface area contributed by atoms with Gasteiger partial charge >= 0.3 is 0 Å². The van der Waals surface area contributed by atoms with Gasteiger partial charge in [0.05, 0.1) is 12.6 Å². The fourth-order valence-corrected chi connectivity index (χ4v) is 5.15. The Hall–Kier alpha value is -1.53. The Labute approximate surface area is 147 Å². The van der Waals surface area contributed by atoms with Crippen LogP contribution < -0.4 is 0 Å². The van der Waals surface area contributed by atoms with Crippen molar-refractivity contribution in [1.82, 2.24) is 14.7 Å². The molecule has 4 saturated heterocycles. The Morgan fingerprint density at radius 3 is 2.36 bits per heavy atom. The summed E-state index contributed by atoms with van der Waals surface area (Å²) >= 11 is 0. The van der Waals surface area contributed by atoms with Crippen molar-refractivity contribution in [2.45, 2.75) is 30.8 Å². The fourth-order valence-electron chi connectivity index (χ4n) is 5.15. The number of likely N-dealkylation sites (tertiary alicyclic amines) is 1. The molecule has 4 heterocycles. The molecule has 0 radical (unpaired) electrons. The van der Waals surface area contributed by atoms with Gasteiger partial charge in [0, 0.05) is 24.6 Å². The first kappa shape index (κ1) is 16.9. The maximum Gasteiger partial charge on any atom is 0.237 e. The second-order valence-corrected chi connectivity index (χ2v) is 7.95. The van der Waals surface area contributed by atoms with Crippen LogP contribution in [0.2, 0.25) is 0 Å². The summed E-state index contributed by atoms with van der Waals surface area (Å²) in [5, 5.41) is 0. The van der Waals surface area contributed by atoms with Gasteiger partial charge in [-0.3, -0.25) is 9.69 Å². The second-order valence-electron chi connectivity index (χ2n) is 7.95. The number of carbonyl (C=O) groups is 1. The topological polar surface area (TPSA) is 26.8 Å². The molecule has 4 aliphatic rings. The van der Waals surface area contributed by atoms with E-state index in [1.54, 1.807) is 0 Å². The van der Waals surface area contributed by atoms with Crippen molar-refractivity contribution < 1.29 is 13.6 Å². The largest absolute Gasteiger partial charge is 0.336 e. The summed E-state index contributed by atoms with van der Waals surface area (Å²) in [5.41, 5.74) is 0.681. The average Bonchev–Trinajstić information content (AvgIpc) is 2.97. The molecule has 4 aliphatic heterocycles. The molecule has 4 fully saturated rings. The molecule has 0 N–H and O–H groups in total. The van der Waals surface area contributed by atoms with Crippen molar-refractivity contribution in [2.24, 2.45) is 5.92 Å². The Morgan fingerprint density at radius 2 is 1.76 bits per heavy atom. The van der Waals surface area contributed by atoms with Crippen LogP contribution in [0.3, 0.4) is 0 Å². The van der Waals surface area contributed by atoms with Gasteiger partial charge in [-0.15, -0.1) is 0 Å². The van der Waals surface area contributed by atoms with Crippen molar-refractivity contribution in [3.63, 3.8) is 0 Å². The molecule has 6 heteroatoms. The normalized spacial score (nSPS) is 33.8. The zero-order valence-electron chi connectivity index (χ0n) is 14.8.